The van der Waals surface area contributed by atoms with Crippen LogP contribution >= 0.6 is 0 Å². The lowest BCUT2D eigenvalue weighted by atomic mass is 10.0. The van der Waals surface area contributed by atoms with E-state index in [1.165, 1.54) is 96.3 Å². The summed E-state index contributed by atoms with van der Waals surface area (Å²) in [6.45, 7) is 6.34. The van der Waals surface area contributed by atoms with E-state index in [-0.39, 0.29) is 24.9 Å². The predicted molar refractivity (Wildman–Crippen MR) is 264 cm³/mol. The van der Waals surface area contributed by atoms with Gasteiger partial charge in [0, 0.05) is 6.42 Å². The first-order valence-electron chi connectivity index (χ1n) is 25.7. The highest BCUT2D eigenvalue weighted by Gasteiger charge is 2.24. The molecule has 3 N–H and O–H groups in total. The van der Waals surface area contributed by atoms with Crippen LogP contribution in [0.5, 0.6) is 0 Å². The molecule has 0 aliphatic rings. The molecule has 0 aliphatic heterocycles. The quantitative estimate of drug-likeness (QED) is 0.0322. The SMILES string of the molecule is CC/C=C\C/C=C\C/C=C\C/C=C\C/C=C\CCCCCC(=O)OC(CCC/C=C\CCCCCCCCC)CC(=O)NC(CO)C(O)CCCCCCCCCCCCC. The highest BCUT2D eigenvalue weighted by Crippen LogP contribution is 2.16. The van der Waals surface area contributed by atoms with Gasteiger partial charge >= 0.3 is 5.97 Å². The number of carbonyl (C=O) groups excluding carboxylic acids is 2. The second-order valence-corrected chi connectivity index (χ2v) is 17.2. The highest BCUT2D eigenvalue weighted by molar-refractivity contribution is 5.77. The van der Waals surface area contributed by atoms with Crippen LogP contribution in [-0.4, -0.2) is 46.9 Å². The van der Waals surface area contributed by atoms with Crippen molar-refractivity contribution in [3.63, 3.8) is 0 Å². The molecular weight excluding hydrogens is 755 g/mol. The average Bonchev–Trinajstić information content (AvgIpc) is 3.25. The number of hydrogen-bond donors (Lipinski definition) is 3. The Hall–Kier alpha value is -2.70. The second kappa shape index (κ2) is 48.3. The third kappa shape index (κ3) is 43.7. The van der Waals surface area contributed by atoms with Gasteiger partial charge in [-0.1, -0.05) is 209 Å². The minimum Gasteiger partial charge on any atom is -0.462 e. The number of aliphatic hydroxyl groups excluding tert-OH is 2. The van der Waals surface area contributed by atoms with E-state index >= 15 is 0 Å². The number of nitrogens with one attached hydrogen (secondary N) is 1. The van der Waals surface area contributed by atoms with Crippen molar-refractivity contribution < 1.29 is 24.5 Å². The summed E-state index contributed by atoms with van der Waals surface area (Å²) in [5.74, 6) is -0.543. The van der Waals surface area contributed by atoms with Crippen LogP contribution in [0.1, 0.15) is 239 Å². The van der Waals surface area contributed by atoms with Crippen LogP contribution in [0, 0.1) is 0 Å². The average molecular weight is 852 g/mol. The van der Waals surface area contributed by atoms with Crippen molar-refractivity contribution in [3.05, 3.63) is 72.9 Å². The summed E-state index contributed by atoms with van der Waals surface area (Å²) < 4.78 is 5.90. The van der Waals surface area contributed by atoms with Gasteiger partial charge in [0.15, 0.2) is 0 Å². The maximum atomic E-state index is 13.2. The zero-order valence-electron chi connectivity index (χ0n) is 40.0. The van der Waals surface area contributed by atoms with Crippen LogP contribution in [0.25, 0.3) is 0 Å². The summed E-state index contributed by atoms with van der Waals surface area (Å²) in [5, 5.41) is 23.7. The molecule has 0 bridgehead atoms. The van der Waals surface area contributed by atoms with Gasteiger partial charge in [-0.05, 0) is 89.9 Å². The van der Waals surface area contributed by atoms with E-state index in [0.29, 0.717) is 19.3 Å². The van der Waals surface area contributed by atoms with E-state index in [1.807, 2.05) is 0 Å². The molecule has 0 aromatic carbocycles. The Balaban J connectivity index is 4.64. The molecule has 352 valence electrons. The Morgan fingerprint density at radius 2 is 0.902 bits per heavy atom. The molecule has 0 heterocycles. The van der Waals surface area contributed by atoms with Crippen LogP contribution in [0.2, 0.25) is 0 Å². The number of amides is 1. The Kier molecular flexibility index (Phi) is 46.2. The zero-order chi connectivity index (χ0) is 44.5. The summed E-state index contributed by atoms with van der Waals surface area (Å²) in [7, 11) is 0. The monoisotopic (exact) mass is 852 g/mol. The van der Waals surface area contributed by atoms with Crippen molar-refractivity contribution in [1.82, 2.24) is 5.32 Å². The molecule has 0 spiro atoms. The fraction of sp³-hybridized carbons (Fsp3) is 0.745. The van der Waals surface area contributed by atoms with Crippen LogP contribution in [0.3, 0.4) is 0 Å². The van der Waals surface area contributed by atoms with Crippen molar-refractivity contribution in [2.45, 2.75) is 257 Å². The topological polar surface area (TPSA) is 95.9 Å². The molecule has 0 saturated carbocycles. The Morgan fingerprint density at radius 3 is 1.39 bits per heavy atom. The largest absolute Gasteiger partial charge is 0.462 e. The van der Waals surface area contributed by atoms with Crippen LogP contribution in [0.15, 0.2) is 72.9 Å². The first kappa shape index (κ1) is 58.3. The van der Waals surface area contributed by atoms with E-state index in [2.05, 4.69) is 99.0 Å². The molecule has 0 fully saturated rings. The molecule has 0 aromatic heterocycles. The third-order valence-corrected chi connectivity index (χ3v) is 11.3. The first-order chi connectivity index (χ1) is 30.0. The van der Waals surface area contributed by atoms with Gasteiger partial charge in [0.1, 0.15) is 6.10 Å². The van der Waals surface area contributed by atoms with E-state index in [9.17, 15) is 19.8 Å². The normalized spacial score (nSPS) is 13.9. The van der Waals surface area contributed by atoms with Crippen LogP contribution < -0.4 is 5.32 Å². The fourth-order valence-corrected chi connectivity index (χ4v) is 7.40. The van der Waals surface area contributed by atoms with Crippen LogP contribution in [-0.2, 0) is 14.3 Å². The number of carbonyl (C=O) groups is 2. The minimum absolute atomic E-state index is 0.0409. The Bertz CT molecular complexity index is 1140. The number of hydrogen-bond acceptors (Lipinski definition) is 5. The lowest BCUT2D eigenvalue weighted by molar-refractivity contribution is -0.151. The molecule has 3 atom stereocenters. The molecule has 6 nitrogen and oxygen atoms in total. The van der Waals surface area contributed by atoms with E-state index in [4.69, 9.17) is 4.74 Å². The van der Waals surface area contributed by atoms with Gasteiger partial charge in [0.05, 0.1) is 25.2 Å². The predicted octanol–water partition coefficient (Wildman–Crippen LogP) is 15.4. The highest BCUT2D eigenvalue weighted by atomic mass is 16.5. The smallest absolute Gasteiger partial charge is 0.306 e. The number of ether oxygens (including phenoxy) is 1. The van der Waals surface area contributed by atoms with Gasteiger partial charge in [-0.3, -0.25) is 9.59 Å². The maximum Gasteiger partial charge on any atom is 0.306 e. The minimum atomic E-state index is -0.801. The van der Waals surface area contributed by atoms with Crippen molar-refractivity contribution in [2.75, 3.05) is 6.61 Å². The summed E-state index contributed by atoms with van der Waals surface area (Å²) in [6.07, 6.45) is 61.1. The molecular formula is C55H97NO5. The van der Waals surface area contributed by atoms with E-state index in [1.54, 1.807) is 0 Å². The van der Waals surface area contributed by atoms with Gasteiger partial charge in [-0.15, -0.1) is 0 Å². The standard InChI is InChI=1S/C55H97NO5/c1-4-7-10-13-16-19-22-24-25-26-27-28-29-30-33-36-39-42-45-48-55(60)61-51(46-43-40-37-34-32-23-20-17-14-11-8-5-2)49-54(59)56-52(50-57)53(58)47-44-41-38-35-31-21-18-15-12-9-6-3/h7,10,16,19,24-25,27-28,30,33-34,37,51-53,57-58H,4-6,8-9,11-15,17-18,20-23,26,29,31-32,35-36,38-50H2,1-3H3,(H,56,59)/b10-7-,19-16-,25-24-,28-27-,33-30-,37-34-. The summed E-state index contributed by atoms with van der Waals surface area (Å²) >= 11 is 0. The Labute approximate surface area is 377 Å². The molecule has 0 aliphatic carbocycles. The number of unbranched alkanes of at least 4 members (excludes halogenated alkanes) is 21. The fourth-order valence-electron chi connectivity index (χ4n) is 7.40. The molecule has 3 unspecified atom stereocenters. The first-order valence-corrected chi connectivity index (χ1v) is 25.7. The molecule has 0 rings (SSSR count). The lowest BCUT2D eigenvalue weighted by Crippen LogP contribution is -2.46. The number of allylic oxidation sites excluding steroid dienone is 12. The number of rotatable bonds is 45. The molecule has 1 amide bonds. The van der Waals surface area contributed by atoms with Gasteiger partial charge in [0.25, 0.3) is 0 Å². The van der Waals surface area contributed by atoms with Crippen molar-refractivity contribution in [1.29, 1.82) is 0 Å². The zero-order valence-corrected chi connectivity index (χ0v) is 40.0. The van der Waals surface area contributed by atoms with Crippen molar-refractivity contribution in [3.8, 4) is 0 Å². The van der Waals surface area contributed by atoms with E-state index < -0.39 is 18.2 Å². The number of esters is 1. The Morgan fingerprint density at radius 1 is 0.492 bits per heavy atom. The van der Waals surface area contributed by atoms with Crippen LogP contribution in [0.4, 0.5) is 0 Å². The summed E-state index contributed by atoms with van der Waals surface area (Å²) in [4.78, 5) is 26.1. The van der Waals surface area contributed by atoms with Gasteiger partial charge in [-0.2, -0.15) is 0 Å². The lowest BCUT2D eigenvalue weighted by Gasteiger charge is -2.24. The molecule has 0 radical (unpaired) electrons. The molecule has 0 saturated heterocycles. The molecule has 61 heavy (non-hydrogen) atoms. The van der Waals surface area contributed by atoms with Gasteiger partial charge < -0.3 is 20.3 Å². The van der Waals surface area contributed by atoms with Crippen molar-refractivity contribution in [2.24, 2.45) is 0 Å². The molecule has 6 heteroatoms. The van der Waals surface area contributed by atoms with E-state index in [0.717, 1.165) is 96.3 Å². The summed E-state index contributed by atoms with van der Waals surface area (Å²) in [5.41, 5.74) is 0. The molecule has 0 aromatic rings. The van der Waals surface area contributed by atoms with Gasteiger partial charge in [0.2, 0.25) is 5.91 Å². The summed E-state index contributed by atoms with van der Waals surface area (Å²) in [6, 6.07) is -0.718. The van der Waals surface area contributed by atoms with Gasteiger partial charge in [-0.25, -0.2) is 0 Å². The second-order valence-electron chi connectivity index (χ2n) is 17.2. The maximum absolute atomic E-state index is 13.2. The third-order valence-electron chi connectivity index (χ3n) is 11.3. The number of aliphatic hydroxyl groups is 2. The van der Waals surface area contributed by atoms with Crippen molar-refractivity contribution >= 4 is 11.9 Å².